The molecular formula is C14H21O2. The fourth-order valence-electron chi connectivity index (χ4n) is 1.78. The molecule has 89 valence electrons. The molecule has 1 aromatic rings. The molecular weight excluding hydrogens is 200 g/mol. The number of rotatable bonds is 5. The van der Waals surface area contributed by atoms with Crippen LogP contribution in [0.3, 0.4) is 0 Å². The molecule has 0 spiro atoms. The maximum absolute atomic E-state index is 9.20. The Morgan fingerprint density at radius 2 is 2.06 bits per heavy atom. The van der Waals surface area contributed by atoms with Gasteiger partial charge in [0.05, 0.1) is 12.7 Å². The van der Waals surface area contributed by atoms with E-state index >= 15 is 0 Å². The lowest BCUT2D eigenvalue weighted by Gasteiger charge is -2.19. The van der Waals surface area contributed by atoms with Crippen molar-refractivity contribution in [2.24, 2.45) is 0 Å². The molecule has 1 aromatic carbocycles. The van der Waals surface area contributed by atoms with Gasteiger partial charge in [0.1, 0.15) is 5.75 Å². The summed E-state index contributed by atoms with van der Waals surface area (Å²) in [6.07, 6.45) is 1.09. The van der Waals surface area contributed by atoms with Gasteiger partial charge in [-0.25, -0.2) is 0 Å². The topological polar surface area (TPSA) is 29.5 Å². The van der Waals surface area contributed by atoms with Crippen molar-refractivity contribution in [3.05, 3.63) is 35.2 Å². The van der Waals surface area contributed by atoms with Crippen molar-refractivity contribution in [2.45, 2.75) is 40.2 Å². The van der Waals surface area contributed by atoms with Crippen LogP contribution in [0.2, 0.25) is 0 Å². The van der Waals surface area contributed by atoms with Crippen molar-refractivity contribution in [1.82, 2.24) is 0 Å². The largest absolute Gasteiger partial charge is 0.491 e. The Balaban J connectivity index is 3.10. The third-order valence-corrected chi connectivity index (χ3v) is 2.55. The predicted molar refractivity (Wildman–Crippen MR) is 66.7 cm³/mol. The SMILES string of the molecule is CCc1c(OC(C)C)cccc1[C](C)CO. The van der Waals surface area contributed by atoms with Gasteiger partial charge in [0.25, 0.3) is 0 Å². The molecule has 0 unspecified atom stereocenters. The molecule has 0 aliphatic carbocycles. The van der Waals surface area contributed by atoms with E-state index in [1.165, 1.54) is 5.56 Å². The first-order chi connectivity index (χ1) is 7.60. The second kappa shape index (κ2) is 5.90. The highest BCUT2D eigenvalue weighted by atomic mass is 16.5. The van der Waals surface area contributed by atoms with Crippen molar-refractivity contribution in [2.75, 3.05) is 6.61 Å². The van der Waals surface area contributed by atoms with E-state index in [0.29, 0.717) is 0 Å². The summed E-state index contributed by atoms with van der Waals surface area (Å²) in [4.78, 5) is 0. The van der Waals surface area contributed by atoms with E-state index in [9.17, 15) is 5.11 Å². The van der Waals surface area contributed by atoms with Crippen LogP contribution in [-0.2, 0) is 6.42 Å². The van der Waals surface area contributed by atoms with Crippen molar-refractivity contribution >= 4 is 0 Å². The van der Waals surface area contributed by atoms with E-state index in [1.54, 1.807) is 0 Å². The van der Waals surface area contributed by atoms with Crippen LogP contribution in [0.5, 0.6) is 5.75 Å². The molecule has 0 amide bonds. The van der Waals surface area contributed by atoms with E-state index in [4.69, 9.17) is 4.74 Å². The number of aliphatic hydroxyl groups excluding tert-OH is 1. The minimum Gasteiger partial charge on any atom is -0.491 e. The van der Waals surface area contributed by atoms with Crippen molar-refractivity contribution < 1.29 is 9.84 Å². The Labute approximate surface area is 98.3 Å². The zero-order valence-electron chi connectivity index (χ0n) is 10.6. The molecule has 0 aliphatic rings. The summed E-state index contributed by atoms with van der Waals surface area (Å²) >= 11 is 0. The highest BCUT2D eigenvalue weighted by molar-refractivity contribution is 5.46. The van der Waals surface area contributed by atoms with Gasteiger partial charge in [-0.05, 0) is 37.5 Å². The zero-order chi connectivity index (χ0) is 12.1. The van der Waals surface area contributed by atoms with Gasteiger partial charge in [-0.15, -0.1) is 0 Å². The molecule has 0 aliphatic heterocycles. The van der Waals surface area contributed by atoms with E-state index in [2.05, 4.69) is 6.92 Å². The Hall–Kier alpha value is -1.02. The van der Waals surface area contributed by atoms with Crippen LogP contribution in [0, 0.1) is 5.92 Å². The highest BCUT2D eigenvalue weighted by Gasteiger charge is 2.13. The lowest BCUT2D eigenvalue weighted by atomic mass is 9.94. The van der Waals surface area contributed by atoms with Crippen LogP contribution < -0.4 is 4.74 Å². The molecule has 2 heteroatoms. The normalized spacial score (nSPS) is 11.2. The van der Waals surface area contributed by atoms with E-state index in [1.807, 2.05) is 39.0 Å². The first kappa shape index (κ1) is 13.0. The van der Waals surface area contributed by atoms with E-state index in [-0.39, 0.29) is 12.7 Å². The Morgan fingerprint density at radius 1 is 1.38 bits per heavy atom. The number of benzene rings is 1. The zero-order valence-corrected chi connectivity index (χ0v) is 10.6. The first-order valence-electron chi connectivity index (χ1n) is 5.82. The molecule has 0 aromatic heterocycles. The summed E-state index contributed by atoms with van der Waals surface area (Å²) in [6.45, 7) is 8.20. The maximum Gasteiger partial charge on any atom is 0.123 e. The predicted octanol–water partition coefficient (Wildman–Crippen LogP) is 2.97. The standard InChI is InChI=1S/C14H21O2/c1-5-12-13(11(4)9-15)7-6-8-14(12)16-10(2)3/h6-8,10,15H,5,9H2,1-4H3. The van der Waals surface area contributed by atoms with Gasteiger partial charge in [-0.2, -0.15) is 0 Å². The average Bonchev–Trinajstić information content (AvgIpc) is 2.27. The lowest BCUT2D eigenvalue weighted by Crippen LogP contribution is -2.10. The molecule has 2 nitrogen and oxygen atoms in total. The molecule has 0 saturated heterocycles. The molecule has 0 heterocycles. The molecule has 0 atom stereocenters. The molecule has 1 rings (SSSR count). The fourth-order valence-corrected chi connectivity index (χ4v) is 1.78. The monoisotopic (exact) mass is 221 g/mol. The van der Waals surface area contributed by atoms with Gasteiger partial charge < -0.3 is 9.84 Å². The Morgan fingerprint density at radius 3 is 2.56 bits per heavy atom. The fraction of sp³-hybridized carbons (Fsp3) is 0.500. The molecule has 0 fully saturated rings. The molecule has 1 N–H and O–H groups in total. The smallest absolute Gasteiger partial charge is 0.123 e. The number of aliphatic hydroxyl groups is 1. The number of hydrogen-bond donors (Lipinski definition) is 1. The highest BCUT2D eigenvalue weighted by Crippen LogP contribution is 2.28. The van der Waals surface area contributed by atoms with Gasteiger partial charge in [-0.3, -0.25) is 0 Å². The van der Waals surface area contributed by atoms with Crippen molar-refractivity contribution in [3.63, 3.8) is 0 Å². The number of hydrogen-bond acceptors (Lipinski definition) is 2. The van der Waals surface area contributed by atoms with Crippen LogP contribution in [0.4, 0.5) is 0 Å². The molecule has 16 heavy (non-hydrogen) atoms. The minimum absolute atomic E-state index is 0.0954. The maximum atomic E-state index is 9.20. The van der Waals surface area contributed by atoms with Gasteiger partial charge in [0.15, 0.2) is 0 Å². The van der Waals surface area contributed by atoms with Gasteiger partial charge in [-0.1, -0.05) is 26.0 Å². The third-order valence-electron chi connectivity index (χ3n) is 2.55. The summed E-state index contributed by atoms with van der Waals surface area (Å²) in [5.41, 5.74) is 2.30. The van der Waals surface area contributed by atoms with Gasteiger partial charge >= 0.3 is 0 Å². The van der Waals surface area contributed by atoms with Crippen LogP contribution in [-0.4, -0.2) is 17.8 Å². The average molecular weight is 221 g/mol. The third kappa shape index (κ3) is 2.99. The van der Waals surface area contributed by atoms with E-state index < -0.39 is 0 Å². The summed E-state index contributed by atoms with van der Waals surface area (Å²) in [6, 6.07) is 6.01. The summed E-state index contributed by atoms with van der Waals surface area (Å²) in [7, 11) is 0. The van der Waals surface area contributed by atoms with Gasteiger partial charge in [0.2, 0.25) is 0 Å². The van der Waals surface area contributed by atoms with E-state index in [0.717, 1.165) is 23.7 Å². The summed E-state index contributed by atoms with van der Waals surface area (Å²) < 4.78 is 5.78. The number of ether oxygens (including phenoxy) is 1. The molecule has 0 bridgehead atoms. The minimum atomic E-state index is 0.0954. The summed E-state index contributed by atoms with van der Waals surface area (Å²) in [5, 5.41) is 9.20. The lowest BCUT2D eigenvalue weighted by molar-refractivity contribution is 0.239. The van der Waals surface area contributed by atoms with Crippen LogP contribution in [0.25, 0.3) is 0 Å². The first-order valence-corrected chi connectivity index (χ1v) is 5.82. The van der Waals surface area contributed by atoms with Crippen LogP contribution in [0.15, 0.2) is 18.2 Å². The second-order valence-electron chi connectivity index (χ2n) is 4.24. The Bertz CT molecular complexity index is 332. The molecule has 0 saturated carbocycles. The van der Waals surface area contributed by atoms with Crippen molar-refractivity contribution in [3.8, 4) is 5.75 Å². The second-order valence-corrected chi connectivity index (χ2v) is 4.24. The van der Waals surface area contributed by atoms with Crippen molar-refractivity contribution in [1.29, 1.82) is 0 Å². The van der Waals surface area contributed by atoms with Crippen LogP contribution in [0.1, 0.15) is 38.8 Å². The quantitative estimate of drug-likeness (QED) is 0.828. The Kier molecular flexibility index (Phi) is 4.81. The molecule has 1 radical (unpaired) electrons. The summed E-state index contributed by atoms with van der Waals surface area (Å²) in [5.74, 6) is 1.92. The van der Waals surface area contributed by atoms with Crippen LogP contribution >= 0.6 is 0 Å². The van der Waals surface area contributed by atoms with Gasteiger partial charge in [0, 0.05) is 5.92 Å².